The van der Waals surface area contributed by atoms with Gasteiger partial charge in [0.2, 0.25) is 0 Å². The molecule has 2 aromatic rings. The summed E-state index contributed by atoms with van der Waals surface area (Å²) in [6.07, 6.45) is -4.50. The topological polar surface area (TPSA) is 34.9 Å². The van der Waals surface area contributed by atoms with E-state index in [2.05, 4.69) is 4.98 Å². The molecule has 0 fully saturated rings. The lowest BCUT2D eigenvalue weighted by atomic mass is 10.2. The van der Waals surface area contributed by atoms with Crippen LogP contribution in [0.1, 0.15) is 11.3 Å². The predicted octanol–water partition coefficient (Wildman–Crippen LogP) is 2.42. The second-order valence-corrected chi connectivity index (χ2v) is 3.76. The van der Waals surface area contributed by atoms with Crippen LogP contribution in [0.25, 0.3) is 11.0 Å². The van der Waals surface area contributed by atoms with E-state index in [0.29, 0.717) is 0 Å². The first-order valence-electron chi connectivity index (χ1n) is 4.97. The van der Waals surface area contributed by atoms with E-state index in [1.165, 1.54) is 7.05 Å². The number of nitrogens with zero attached hydrogens (tertiary/aromatic N) is 2. The average molecular weight is 260 g/mol. The van der Waals surface area contributed by atoms with Crippen molar-refractivity contribution in [3.05, 3.63) is 39.8 Å². The Bertz CT molecular complexity index is 660. The number of hydrogen-bond acceptors (Lipinski definition) is 2. The Morgan fingerprint density at radius 1 is 1.33 bits per heavy atom. The van der Waals surface area contributed by atoms with Crippen molar-refractivity contribution in [2.75, 3.05) is 0 Å². The number of hydrogen-bond donors (Lipinski definition) is 0. The number of fused-ring (bicyclic) bond motifs is 1. The maximum Gasteiger partial charge on any atom is 0.416 e. The van der Waals surface area contributed by atoms with Crippen molar-refractivity contribution in [2.45, 2.75) is 12.9 Å². The van der Waals surface area contributed by atoms with E-state index in [1.54, 1.807) is 0 Å². The molecule has 0 radical (unpaired) electrons. The van der Waals surface area contributed by atoms with Crippen molar-refractivity contribution in [2.24, 2.45) is 7.05 Å². The maximum atomic E-state index is 12.5. The van der Waals surface area contributed by atoms with Crippen LogP contribution in [0.2, 0.25) is 0 Å². The molecular weight excluding hydrogens is 252 g/mol. The molecule has 0 unspecified atom stereocenters. The maximum absolute atomic E-state index is 12.5. The highest BCUT2D eigenvalue weighted by Crippen LogP contribution is 2.30. The normalized spacial score (nSPS) is 12.1. The van der Waals surface area contributed by atoms with Crippen LogP contribution in [0, 0.1) is 0 Å². The second-order valence-electron chi connectivity index (χ2n) is 3.76. The van der Waals surface area contributed by atoms with Gasteiger partial charge in [-0.1, -0.05) is 0 Å². The summed E-state index contributed by atoms with van der Waals surface area (Å²) in [6, 6.07) is 2.81. The lowest BCUT2D eigenvalue weighted by Gasteiger charge is -2.10. The van der Waals surface area contributed by atoms with Gasteiger partial charge >= 0.3 is 6.18 Å². The third kappa shape index (κ3) is 1.96. The highest BCUT2D eigenvalue weighted by Gasteiger charge is 2.30. The van der Waals surface area contributed by atoms with Crippen LogP contribution in [0.4, 0.5) is 17.6 Å². The van der Waals surface area contributed by atoms with Crippen LogP contribution in [-0.4, -0.2) is 9.55 Å². The summed E-state index contributed by atoms with van der Waals surface area (Å²) in [5.74, 6) is 0. The molecule has 0 saturated carbocycles. The monoisotopic (exact) mass is 260 g/mol. The summed E-state index contributed by atoms with van der Waals surface area (Å²) in [6.45, 7) is -1.11. The van der Waals surface area contributed by atoms with Crippen LogP contribution in [0.5, 0.6) is 0 Å². The van der Waals surface area contributed by atoms with E-state index in [-0.39, 0.29) is 11.0 Å². The van der Waals surface area contributed by atoms with Gasteiger partial charge in [-0.25, -0.2) is 9.37 Å². The van der Waals surface area contributed by atoms with Gasteiger partial charge in [0.1, 0.15) is 12.4 Å². The zero-order chi connectivity index (χ0) is 13.5. The van der Waals surface area contributed by atoms with Crippen LogP contribution in [0.3, 0.4) is 0 Å². The van der Waals surface area contributed by atoms with Gasteiger partial charge < -0.3 is 4.57 Å². The molecule has 3 nitrogen and oxygen atoms in total. The van der Waals surface area contributed by atoms with Crippen molar-refractivity contribution in [1.29, 1.82) is 0 Å². The fourth-order valence-corrected chi connectivity index (χ4v) is 1.66. The summed E-state index contributed by atoms with van der Waals surface area (Å²) in [5, 5.41) is 0. The molecule has 0 aliphatic carbocycles. The molecule has 0 amide bonds. The summed E-state index contributed by atoms with van der Waals surface area (Å²) < 4.78 is 51.1. The van der Waals surface area contributed by atoms with Gasteiger partial charge in [0.05, 0.1) is 16.6 Å². The molecule has 96 valence electrons. The molecule has 1 aromatic carbocycles. The Morgan fingerprint density at radius 2 is 2.00 bits per heavy atom. The van der Waals surface area contributed by atoms with Crippen LogP contribution in [0.15, 0.2) is 23.0 Å². The summed E-state index contributed by atoms with van der Waals surface area (Å²) in [4.78, 5) is 15.2. The molecule has 2 rings (SSSR count). The molecule has 0 N–H and O–H groups in total. The standard InChI is InChI=1S/C11H8F4N2O/c1-17-9-3-2-6(11(13,14)15)4-7(9)16-8(5-12)10(17)18/h2-4H,5H2,1H3. The van der Waals surface area contributed by atoms with E-state index in [1.807, 2.05) is 0 Å². The fraction of sp³-hybridized carbons (Fsp3) is 0.273. The van der Waals surface area contributed by atoms with Crippen molar-refractivity contribution in [3.8, 4) is 0 Å². The zero-order valence-electron chi connectivity index (χ0n) is 9.25. The quantitative estimate of drug-likeness (QED) is 0.738. The fourth-order valence-electron chi connectivity index (χ4n) is 1.66. The van der Waals surface area contributed by atoms with Crippen molar-refractivity contribution in [3.63, 3.8) is 0 Å². The van der Waals surface area contributed by atoms with Gasteiger partial charge in [-0.15, -0.1) is 0 Å². The Morgan fingerprint density at radius 3 is 2.56 bits per heavy atom. The molecule has 0 saturated heterocycles. The minimum Gasteiger partial charge on any atom is -0.308 e. The van der Waals surface area contributed by atoms with E-state index in [0.717, 1.165) is 22.8 Å². The molecule has 1 aromatic heterocycles. The third-order valence-electron chi connectivity index (χ3n) is 2.60. The Kier molecular flexibility index (Phi) is 2.84. The Balaban J connectivity index is 2.79. The summed E-state index contributed by atoms with van der Waals surface area (Å²) >= 11 is 0. The first kappa shape index (κ1) is 12.5. The minimum atomic E-state index is -4.50. The second kappa shape index (κ2) is 4.08. The molecule has 0 aliphatic rings. The van der Waals surface area contributed by atoms with E-state index >= 15 is 0 Å². The van der Waals surface area contributed by atoms with Gasteiger partial charge in [0.25, 0.3) is 5.56 Å². The van der Waals surface area contributed by atoms with Crippen molar-refractivity contribution < 1.29 is 17.6 Å². The molecule has 1 heterocycles. The number of aromatic nitrogens is 2. The van der Waals surface area contributed by atoms with Gasteiger partial charge in [-0.3, -0.25) is 4.79 Å². The zero-order valence-corrected chi connectivity index (χ0v) is 9.25. The first-order chi connectivity index (χ1) is 8.34. The molecule has 0 aliphatic heterocycles. The van der Waals surface area contributed by atoms with Crippen LogP contribution in [-0.2, 0) is 19.9 Å². The number of aryl methyl sites for hydroxylation is 1. The van der Waals surface area contributed by atoms with Gasteiger partial charge in [0.15, 0.2) is 0 Å². The molecule has 7 heteroatoms. The highest BCUT2D eigenvalue weighted by atomic mass is 19.4. The molecule has 0 bridgehead atoms. The van der Waals surface area contributed by atoms with Crippen molar-refractivity contribution in [1.82, 2.24) is 9.55 Å². The largest absolute Gasteiger partial charge is 0.416 e. The molecular formula is C11H8F4N2O. The van der Waals surface area contributed by atoms with Gasteiger partial charge in [-0.05, 0) is 18.2 Å². The first-order valence-corrected chi connectivity index (χ1v) is 4.97. The highest BCUT2D eigenvalue weighted by molar-refractivity contribution is 5.75. The van der Waals surface area contributed by atoms with Crippen LogP contribution >= 0.6 is 0 Å². The summed E-state index contributed by atoms with van der Waals surface area (Å²) in [7, 11) is 1.36. The van der Waals surface area contributed by atoms with E-state index in [9.17, 15) is 22.4 Å². The lowest BCUT2D eigenvalue weighted by molar-refractivity contribution is -0.137. The average Bonchev–Trinajstić information content (AvgIpc) is 2.32. The lowest BCUT2D eigenvalue weighted by Crippen LogP contribution is -2.22. The predicted molar refractivity (Wildman–Crippen MR) is 56.8 cm³/mol. The van der Waals surface area contributed by atoms with E-state index in [4.69, 9.17) is 0 Å². The number of rotatable bonds is 1. The van der Waals surface area contributed by atoms with Crippen molar-refractivity contribution >= 4 is 11.0 Å². The number of benzene rings is 1. The van der Waals surface area contributed by atoms with E-state index < -0.39 is 29.7 Å². The molecule has 18 heavy (non-hydrogen) atoms. The number of halogens is 4. The Hall–Kier alpha value is -1.92. The minimum absolute atomic E-state index is 0.0559. The van der Waals surface area contributed by atoms with Gasteiger partial charge in [0, 0.05) is 7.05 Å². The third-order valence-corrected chi connectivity index (χ3v) is 2.60. The van der Waals surface area contributed by atoms with Gasteiger partial charge in [-0.2, -0.15) is 13.2 Å². The number of alkyl halides is 4. The smallest absolute Gasteiger partial charge is 0.308 e. The van der Waals surface area contributed by atoms with Crippen LogP contribution < -0.4 is 5.56 Å². The Labute approximate surface area is 98.7 Å². The molecule has 0 atom stereocenters. The SMILES string of the molecule is Cn1c(=O)c(CF)nc2cc(C(F)(F)F)ccc21. The summed E-state index contributed by atoms with van der Waals surface area (Å²) in [5.41, 5.74) is -1.76. The molecule has 0 spiro atoms.